The first-order chi connectivity index (χ1) is 12.6. The summed E-state index contributed by atoms with van der Waals surface area (Å²) in [5.74, 6) is 2.62. The van der Waals surface area contributed by atoms with E-state index < -0.39 is 0 Å². The summed E-state index contributed by atoms with van der Waals surface area (Å²) in [5.41, 5.74) is 0.754. The van der Waals surface area contributed by atoms with Crippen molar-refractivity contribution < 1.29 is 9.84 Å². The molecule has 26 heavy (non-hydrogen) atoms. The number of rotatable bonds is 8. The van der Waals surface area contributed by atoms with Gasteiger partial charge in [0.05, 0.1) is 13.7 Å². The predicted molar refractivity (Wildman–Crippen MR) is 107 cm³/mol. The smallest absolute Gasteiger partial charge is 0.191 e. The molecule has 0 aliphatic carbocycles. The second-order valence-electron chi connectivity index (χ2n) is 6.99. The first kappa shape index (κ1) is 20.4. The zero-order valence-corrected chi connectivity index (χ0v) is 16.4. The van der Waals surface area contributed by atoms with Crippen molar-refractivity contribution in [2.75, 3.05) is 39.8 Å². The Labute approximate surface area is 157 Å². The van der Waals surface area contributed by atoms with Crippen LogP contribution in [-0.2, 0) is 6.54 Å². The van der Waals surface area contributed by atoms with E-state index in [4.69, 9.17) is 4.74 Å². The molecule has 1 aliphatic heterocycles. The van der Waals surface area contributed by atoms with Crippen molar-refractivity contribution >= 4 is 5.96 Å². The lowest BCUT2D eigenvalue weighted by Crippen LogP contribution is -2.39. The molecule has 2 rings (SSSR count). The van der Waals surface area contributed by atoms with Gasteiger partial charge in [-0.25, -0.2) is 4.99 Å². The van der Waals surface area contributed by atoms with Crippen LogP contribution in [0.3, 0.4) is 0 Å². The molecule has 1 saturated heterocycles. The van der Waals surface area contributed by atoms with Crippen LogP contribution in [-0.4, -0.2) is 55.8 Å². The molecule has 1 fully saturated rings. The number of benzene rings is 1. The van der Waals surface area contributed by atoms with Crippen LogP contribution in [0.4, 0.5) is 0 Å². The Balaban J connectivity index is 1.79. The molecule has 6 heteroatoms. The quantitative estimate of drug-likeness (QED) is 0.377. The van der Waals surface area contributed by atoms with Gasteiger partial charge in [-0.15, -0.1) is 0 Å². The Bertz CT molecular complexity index is 569. The number of guanidine groups is 1. The minimum absolute atomic E-state index is 0.240. The molecule has 3 N–H and O–H groups in total. The average molecular weight is 363 g/mol. The van der Waals surface area contributed by atoms with Gasteiger partial charge < -0.3 is 25.4 Å². The third kappa shape index (κ3) is 6.75. The Kier molecular flexibility index (Phi) is 8.54. The van der Waals surface area contributed by atoms with Crippen LogP contribution in [0.1, 0.15) is 38.7 Å². The number of nitrogens with zero attached hydrogens (tertiary/aromatic N) is 2. The number of phenols is 1. The van der Waals surface area contributed by atoms with Gasteiger partial charge in [-0.2, -0.15) is 0 Å². The summed E-state index contributed by atoms with van der Waals surface area (Å²) in [6, 6.07) is 5.20. The van der Waals surface area contributed by atoms with E-state index in [2.05, 4.69) is 34.4 Å². The molecule has 6 nitrogen and oxygen atoms in total. The van der Waals surface area contributed by atoms with E-state index in [9.17, 15) is 5.11 Å². The molecule has 1 heterocycles. The largest absolute Gasteiger partial charge is 0.508 e. The maximum atomic E-state index is 9.98. The highest BCUT2D eigenvalue weighted by molar-refractivity contribution is 5.79. The zero-order chi connectivity index (χ0) is 18.8. The van der Waals surface area contributed by atoms with Crippen LogP contribution in [0.2, 0.25) is 0 Å². The lowest BCUT2D eigenvalue weighted by molar-refractivity contribution is 0.191. The van der Waals surface area contributed by atoms with E-state index >= 15 is 0 Å². The van der Waals surface area contributed by atoms with Gasteiger partial charge in [-0.3, -0.25) is 0 Å². The summed E-state index contributed by atoms with van der Waals surface area (Å²) in [6.07, 6.45) is 3.74. The Morgan fingerprint density at radius 1 is 1.31 bits per heavy atom. The molecule has 0 unspecified atom stereocenters. The SMILES string of the molecule is CCNC(=NCc1cc(OC)ccc1O)NCCCN1CCC(C)CC1. The van der Waals surface area contributed by atoms with Crippen LogP contribution in [0.5, 0.6) is 11.5 Å². The van der Waals surface area contributed by atoms with Crippen molar-refractivity contribution in [3.63, 3.8) is 0 Å². The summed E-state index contributed by atoms with van der Waals surface area (Å²) >= 11 is 0. The maximum Gasteiger partial charge on any atom is 0.191 e. The molecular weight excluding hydrogens is 328 g/mol. The third-order valence-electron chi connectivity index (χ3n) is 4.86. The van der Waals surface area contributed by atoms with Crippen LogP contribution in [0, 0.1) is 5.92 Å². The van der Waals surface area contributed by atoms with Gasteiger partial charge in [0.25, 0.3) is 0 Å². The van der Waals surface area contributed by atoms with Crippen molar-refractivity contribution in [3.8, 4) is 11.5 Å². The second-order valence-corrected chi connectivity index (χ2v) is 6.99. The number of aromatic hydroxyl groups is 1. The van der Waals surface area contributed by atoms with Gasteiger partial charge in [0.15, 0.2) is 5.96 Å². The topological polar surface area (TPSA) is 69.1 Å². The van der Waals surface area contributed by atoms with Crippen LogP contribution >= 0.6 is 0 Å². The molecule has 1 aromatic rings. The molecule has 1 aliphatic rings. The summed E-state index contributed by atoms with van der Waals surface area (Å²) < 4.78 is 5.21. The molecule has 1 aromatic carbocycles. The molecule has 0 atom stereocenters. The minimum atomic E-state index is 0.240. The van der Waals surface area contributed by atoms with Crippen LogP contribution in [0.25, 0.3) is 0 Å². The summed E-state index contributed by atoms with van der Waals surface area (Å²) in [4.78, 5) is 7.14. The average Bonchev–Trinajstić information content (AvgIpc) is 2.65. The van der Waals surface area contributed by atoms with E-state index in [1.807, 2.05) is 6.07 Å². The first-order valence-electron chi connectivity index (χ1n) is 9.72. The van der Waals surface area contributed by atoms with Crippen molar-refractivity contribution in [1.82, 2.24) is 15.5 Å². The van der Waals surface area contributed by atoms with Gasteiger partial charge in [0.2, 0.25) is 0 Å². The molecule has 0 amide bonds. The normalized spacial score (nSPS) is 16.5. The van der Waals surface area contributed by atoms with E-state index in [0.717, 1.165) is 49.2 Å². The summed E-state index contributed by atoms with van der Waals surface area (Å²) in [7, 11) is 1.62. The van der Waals surface area contributed by atoms with Gasteiger partial charge in [-0.05, 0) is 69.9 Å². The molecule has 0 spiro atoms. The molecule has 0 radical (unpaired) electrons. The fraction of sp³-hybridized carbons (Fsp3) is 0.650. The molecule has 0 aromatic heterocycles. The number of hydrogen-bond donors (Lipinski definition) is 3. The van der Waals surface area contributed by atoms with E-state index in [0.29, 0.717) is 6.54 Å². The van der Waals surface area contributed by atoms with E-state index in [1.165, 1.54) is 25.9 Å². The zero-order valence-electron chi connectivity index (χ0n) is 16.4. The number of hydrogen-bond acceptors (Lipinski definition) is 4. The maximum absolute atomic E-state index is 9.98. The Morgan fingerprint density at radius 2 is 2.08 bits per heavy atom. The third-order valence-corrected chi connectivity index (χ3v) is 4.86. The standard InChI is InChI=1S/C20H34N4O2/c1-4-21-20(22-10-5-11-24-12-8-16(2)9-13-24)23-15-17-14-18(26-3)6-7-19(17)25/h6-7,14,16,25H,4-5,8-13,15H2,1-3H3,(H2,21,22,23). The number of methoxy groups -OCH3 is 1. The molecular formula is C20H34N4O2. The summed E-state index contributed by atoms with van der Waals surface area (Å²) in [5, 5.41) is 16.6. The van der Waals surface area contributed by atoms with Gasteiger partial charge >= 0.3 is 0 Å². The fourth-order valence-electron chi connectivity index (χ4n) is 3.12. The number of piperidine rings is 1. The van der Waals surface area contributed by atoms with Crippen LogP contribution < -0.4 is 15.4 Å². The molecule has 0 saturated carbocycles. The highest BCUT2D eigenvalue weighted by Gasteiger charge is 2.14. The van der Waals surface area contributed by atoms with E-state index in [-0.39, 0.29) is 5.75 Å². The van der Waals surface area contributed by atoms with Crippen molar-refractivity contribution in [2.24, 2.45) is 10.9 Å². The Hall–Kier alpha value is -1.95. The number of ether oxygens (including phenoxy) is 1. The lowest BCUT2D eigenvalue weighted by Gasteiger charge is -2.30. The number of aliphatic imine (C=N–C) groups is 1. The number of likely N-dealkylation sites (tertiary alicyclic amines) is 1. The fourth-order valence-corrected chi connectivity index (χ4v) is 3.12. The Morgan fingerprint density at radius 3 is 2.77 bits per heavy atom. The number of nitrogens with one attached hydrogen (secondary N) is 2. The molecule has 0 bridgehead atoms. The highest BCUT2D eigenvalue weighted by Crippen LogP contribution is 2.23. The van der Waals surface area contributed by atoms with Crippen molar-refractivity contribution in [1.29, 1.82) is 0 Å². The summed E-state index contributed by atoms with van der Waals surface area (Å²) in [6.45, 7) is 10.1. The highest BCUT2D eigenvalue weighted by atomic mass is 16.5. The molecule has 146 valence electrons. The van der Waals surface area contributed by atoms with Crippen molar-refractivity contribution in [3.05, 3.63) is 23.8 Å². The monoisotopic (exact) mass is 362 g/mol. The van der Waals surface area contributed by atoms with Crippen molar-refractivity contribution in [2.45, 2.75) is 39.7 Å². The van der Waals surface area contributed by atoms with Gasteiger partial charge in [0.1, 0.15) is 11.5 Å². The minimum Gasteiger partial charge on any atom is -0.508 e. The van der Waals surface area contributed by atoms with E-state index in [1.54, 1.807) is 19.2 Å². The lowest BCUT2D eigenvalue weighted by atomic mass is 9.99. The van der Waals surface area contributed by atoms with Gasteiger partial charge in [-0.1, -0.05) is 6.92 Å². The first-order valence-corrected chi connectivity index (χ1v) is 9.72. The second kappa shape index (κ2) is 10.9. The predicted octanol–water partition coefficient (Wildman–Crippen LogP) is 2.58. The number of phenolic OH excluding ortho intramolecular Hbond substituents is 1. The van der Waals surface area contributed by atoms with Gasteiger partial charge in [0, 0.05) is 18.7 Å². The van der Waals surface area contributed by atoms with Crippen LogP contribution in [0.15, 0.2) is 23.2 Å².